The number of H-pyrrole nitrogens is 1. The van der Waals surface area contributed by atoms with Crippen molar-refractivity contribution in [3.05, 3.63) is 36.2 Å². The van der Waals surface area contributed by atoms with Gasteiger partial charge in [-0.05, 0) is 18.6 Å². The molecule has 12 heteroatoms. The maximum absolute atomic E-state index is 12.6. The molecule has 0 aliphatic carbocycles. The number of nitrogens with zero attached hydrogens (tertiary/aromatic N) is 2. The van der Waals surface area contributed by atoms with E-state index in [-0.39, 0.29) is 47.6 Å². The molecule has 0 amide bonds. The molecule has 166 valence electrons. The molecular weight excluding hydrogens is 443 g/mol. The van der Waals surface area contributed by atoms with Crippen LogP contribution in [0.3, 0.4) is 0 Å². The van der Waals surface area contributed by atoms with E-state index in [0.29, 0.717) is 34.8 Å². The van der Waals surface area contributed by atoms with Crippen LogP contribution in [0.5, 0.6) is 17.2 Å². The second kappa shape index (κ2) is 13.6. The van der Waals surface area contributed by atoms with Gasteiger partial charge in [0.25, 0.3) is 0 Å². The van der Waals surface area contributed by atoms with E-state index in [4.69, 9.17) is 14.6 Å². The molecule has 0 spiro atoms. The van der Waals surface area contributed by atoms with E-state index in [2.05, 4.69) is 19.7 Å². The summed E-state index contributed by atoms with van der Waals surface area (Å²) in [4.78, 5) is 11.3. The number of nitrogens with one attached hydrogen (secondary N) is 1. The monoisotopic (exact) mass is 467 g/mol. The average molecular weight is 467 g/mol. The number of aromatic nitrogens is 3. The maximum atomic E-state index is 12.6. The van der Waals surface area contributed by atoms with Gasteiger partial charge in [-0.3, -0.25) is 9.19 Å². The minimum absolute atomic E-state index is 0. The van der Waals surface area contributed by atoms with Crippen molar-refractivity contribution in [2.45, 2.75) is 30.9 Å². The van der Waals surface area contributed by atoms with Crippen molar-refractivity contribution in [2.75, 3.05) is 20.8 Å². The first-order chi connectivity index (χ1) is 14.4. The molecule has 1 unspecified atom stereocenters. The number of alkyl halides is 2. The number of aliphatic hydroxyl groups excluding tert-OH is 1. The molecule has 1 atom stereocenters. The fourth-order valence-electron chi connectivity index (χ4n) is 2.40. The molecule has 2 aromatic heterocycles. The third kappa shape index (κ3) is 7.69. The van der Waals surface area contributed by atoms with Gasteiger partial charge in [-0.2, -0.15) is 8.78 Å². The van der Waals surface area contributed by atoms with Crippen molar-refractivity contribution in [1.29, 1.82) is 0 Å². The van der Waals surface area contributed by atoms with Crippen molar-refractivity contribution >= 4 is 21.8 Å². The largest absolute Gasteiger partial charge is 1.00 e. The van der Waals surface area contributed by atoms with Crippen molar-refractivity contribution in [3.63, 3.8) is 0 Å². The Morgan fingerprint density at radius 2 is 1.97 bits per heavy atom. The van der Waals surface area contributed by atoms with E-state index in [1.807, 2.05) is 6.92 Å². The van der Waals surface area contributed by atoms with Gasteiger partial charge in [-0.25, -0.2) is 4.98 Å². The molecule has 0 fully saturated rings. The zero-order valence-corrected chi connectivity index (χ0v) is 20.5. The number of rotatable bonds is 8. The summed E-state index contributed by atoms with van der Waals surface area (Å²) < 4.78 is 52.1. The summed E-state index contributed by atoms with van der Waals surface area (Å²) in [5, 5.41) is 8.07. The van der Waals surface area contributed by atoms with Gasteiger partial charge in [-0.15, -0.1) is 0 Å². The number of fused-ring (bicyclic) bond motifs is 1. The zero-order chi connectivity index (χ0) is 22.1. The minimum atomic E-state index is -2.92. The number of benzene rings is 1. The zero-order valence-electron chi connectivity index (χ0n) is 18.7. The van der Waals surface area contributed by atoms with Gasteiger partial charge in [-0.1, -0.05) is 6.92 Å². The second-order valence-electron chi connectivity index (χ2n) is 5.81. The number of imidazole rings is 1. The van der Waals surface area contributed by atoms with Crippen LogP contribution < -0.4 is 43.8 Å². The van der Waals surface area contributed by atoms with Gasteiger partial charge in [0.05, 0.1) is 47.5 Å². The summed E-state index contributed by atoms with van der Waals surface area (Å²) in [5.41, 5.74) is 1.38. The second-order valence-corrected chi connectivity index (χ2v) is 7.17. The molecule has 0 aliphatic heterocycles. The summed E-state index contributed by atoms with van der Waals surface area (Å²) >= 11 is 0. The van der Waals surface area contributed by atoms with E-state index in [9.17, 15) is 13.0 Å². The average Bonchev–Trinajstić information content (AvgIpc) is 3.16. The number of hydrogen-bond acceptors (Lipinski definition) is 7. The summed E-state index contributed by atoms with van der Waals surface area (Å²) in [7, 11) is 1.41. The fourth-order valence-corrected chi connectivity index (χ4v) is 3.41. The number of ether oxygens (including phenoxy) is 3. The molecule has 0 aliphatic rings. The molecule has 0 bridgehead atoms. The topological polar surface area (TPSA) is 107 Å². The molecule has 0 radical (unpaired) electrons. The molecule has 3 rings (SSSR count). The molecule has 8 nitrogen and oxygen atoms in total. The number of halogens is 2. The van der Waals surface area contributed by atoms with Crippen LogP contribution in [0.2, 0.25) is 0 Å². The summed E-state index contributed by atoms with van der Waals surface area (Å²) in [6.07, 6.45) is 2.40. The smallest absolute Gasteiger partial charge is 1.00 e. The van der Waals surface area contributed by atoms with Crippen LogP contribution >= 0.6 is 0 Å². The normalized spacial score (nSPS) is 11.3. The number of hydrogen-bond donors (Lipinski definition) is 2. The Kier molecular flexibility index (Phi) is 11.9. The van der Waals surface area contributed by atoms with Gasteiger partial charge < -0.3 is 25.7 Å². The van der Waals surface area contributed by atoms with Gasteiger partial charge >= 0.3 is 36.2 Å². The Bertz CT molecular complexity index is 995. The van der Waals surface area contributed by atoms with Gasteiger partial charge in [0.1, 0.15) is 5.75 Å². The first-order valence-electron chi connectivity index (χ1n) is 8.93. The minimum Gasteiger partial charge on any atom is -1.00 e. The number of methoxy groups -OCH3 is 2. The molecule has 31 heavy (non-hydrogen) atoms. The van der Waals surface area contributed by atoms with E-state index >= 15 is 0 Å². The van der Waals surface area contributed by atoms with Crippen molar-refractivity contribution in [3.8, 4) is 17.2 Å². The van der Waals surface area contributed by atoms with Crippen LogP contribution in [-0.4, -0.2) is 51.7 Å². The van der Waals surface area contributed by atoms with Crippen LogP contribution in [-0.2, 0) is 16.6 Å². The number of pyridine rings is 1. The van der Waals surface area contributed by atoms with E-state index in [1.165, 1.54) is 38.6 Å². The van der Waals surface area contributed by atoms with E-state index in [0.717, 1.165) is 6.42 Å². The summed E-state index contributed by atoms with van der Waals surface area (Å²) in [6, 6.07) is 5.89. The van der Waals surface area contributed by atoms with Crippen LogP contribution in [0.25, 0.3) is 11.0 Å². The Morgan fingerprint density at radius 3 is 2.55 bits per heavy atom. The van der Waals surface area contributed by atoms with Gasteiger partial charge in [0, 0.05) is 24.9 Å². The predicted molar refractivity (Wildman–Crippen MR) is 109 cm³/mol. The van der Waals surface area contributed by atoms with E-state index in [1.54, 1.807) is 6.07 Å². The van der Waals surface area contributed by atoms with Crippen LogP contribution in [0.1, 0.15) is 20.5 Å². The van der Waals surface area contributed by atoms with E-state index < -0.39 is 17.4 Å². The molecule has 0 saturated heterocycles. The Labute approximate surface area is 204 Å². The standard InChI is InChI=1S/C16H15F2N3O4S.C3H8O.Na.H/c1-23-13-5-6-19-12(14(13)24-2)8-26(22)16-20-10-4-3-9(25-15(17)18)7-11(10)21-16;1-2-3-4;;/h3-7,15H,8H2,1-2H3,(H,20,21);4H,2-3H2,1H3;;/q;;+1;-1. The molecule has 2 N–H and O–H groups in total. The molecule has 1 aromatic carbocycles. The van der Waals surface area contributed by atoms with Crippen molar-refractivity contribution in [1.82, 2.24) is 15.0 Å². The Morgan fingerprint density at radius 1 is 1.26 bits per heavy atom. The Hall–Kier alpha value is -1.79. The third-order valence-electron chi connectivity index (χ3n) is 3.73. The quantitative estimate of drug-likeness (QED) is 0.462. The molecule has 3 aromatic rings. The Balaban J connectivity index is 0.00000148. The SMILES string of the molecule is CCCO.COc1ccnc(CS(=O)c2nc3ccc(OC(F)F)cc3[nH]2)c1OC.[H-].[Na+]. The van der Waals surface area contributed by atoms with Crippen LogP contribution in [0, 0.1) is 0 Å². The van der Waals surface area contributed by atoms with Crippen LogP contribution in [0.4, 0.5) is 8.78 Å². The predicted octanol–water partition coefficient (Wildman–Crippen LogP) is 0.389. The van der Waals surface area contributed by atoms with Gasteiger partial charge in [0.15, 0.2) is 16.7 Å². The van der Waals surface area contributed by atoms with Crippen molar-refractivity contribution < 1.29 is 63.3 Å². The third-order valence-corrected chi connectivity index (χ3v) is 4.89. The summed E-state index contributed by atoms with van der Waals surface area (Å²) in [6.45, 7) is -0.671. The maximum Gasteiger partial charge on any atom is 1.00 e. The molecular formula is C19H24F2N3NaO5S. The van der Waals surface area contributed by atoms with Crippen molar-refractivity contribution in [2.24, 2.45) is 0 Å². The summed E-state index contributed by atoms with van der Waals surface area (Å²) in [5.74, 6) is 0.908. The fraction of sp³-hybridized carbons (Fsp3) is 0.368. The van der Waals surface area contributed by atoms with Crippen LogP contribution in [0.15, 0.2) is 35.6 Å². The number of aromatic amines is 1. The first-order valence-corrected chi connectivity index (χ1v) is 10.2. The van der Waals surface area contributed by atoms with Gasteiger partial charge in [0.2, 0.25) is 0 Å². The molecule has 2 heterocycles. The molecule has 0 saturated carbocycles. The number of aliphatic hydroxyl groups is 1. The first kappa shape index (κ1) is 27.2.